The van der Waals surface area contributed by atoms with E-state index in [2.05, 4.69) is 15.9 Å². The van der Waals surface area contributed by atoms with Crippen LogP contribution in [0.2, 0.25) is 0 Å². The molecule has 1 N–H and O–H groups in total. The smallest absolute Gasteiger partial charge is 0.124 e. The Balaban J connectivity index is 1.87. The van der Waals surface area contributed by atoms with Crippen molar-refractivity contribution < 1.29 is 13.9 Å². The Bertz CT molecular complexity index is 800. The summed E-state index contributed by atoms with van der Waals surface area (Å²) in [4.78, 5) is 0.770. The maximum atomic E-state index is 13.2. The fraction of sp³-hybridized carbons (Fsp3) is 0.125. The van der Waals surface area contributed by atoms with Crippen molar-refractivity contribution in [1.29, 1.82) is 0 Å². The predicted molar refractivity (Wildman–Crippen MR) is 84.5 cm³/mol. The lowest BCUT2D eigenvalue weighted by Gasteiger charge is -2.10. The Morgan fingerprint density at radius 1 is 1.05 bits per heavy atom. The van der Waals surface area contributed by atoms with Gasteiger partial charge in [-0.25, -0.2) is 8.78 Å². The molecule has 0 radical (unpaired) electrons. The average molecular weight is 369 g/mol. The van der Waals surface area contributed by atoms with E-state index >= 15 is 0 Å². The topological polar surface area (TPSA) is 20.2 Å². The SMILES string of the molecule is OC(Cc1ccc(F)cc1Br)c1cc2cc(F)ccc2s1. The number of hydrogen-bond acceptors (Lipinski definition) is 2. The summed E-state index contributed by atoms with van der Waals surface area (Å²) < 4.78 is 27.8. The first-order valence-electron chi connectivity index (χ1n) is 6.34. The van der Waals surface area contributed by atoms with Gasteiger partial charge in [0.25, 0.3) is 0 Å². The molecule has 0 aliphatic rings. The molecule has 108 valence electrons. The van der Waals surface area contributed by atoms with Crippen molar-refractivity contribution in [3.63, 3.8) is 0 Å². The molecular weight excluding hydrogens is 358 g/mol. The van der Waals surface area contributed by atoms with Crippen LogP contribution in [-0.2, 0) is 6.42 Å². The van der Waals surface area contributed by atoms with Crippen LogP contribution in [0.3, 0.4) is 0 Å². The van der Waals surface area contributed by atoms with Crippen LogP contribution in [0.1, 0.15) is 16.5 Å². The monoisotopic (exact) mass is 368 g/mol. The zero-order chi connectivity index (χ0) is 15.0. The molecule has 3 rings (SSSR count). The minimum absolute atomic E-state index is 0.289. The quantitative estimate of drug-likeness (QED) is 0.671. The zero-order valence-electron chi connectivity index (χ0n) is 10.8. The third kappa shape index (κ3) is 3.15. The van der Waals surface area contributed by atoms with Gasteiger partial charge in [-0.15, -0.1) is 11.3 Å². The molecule has 0 bridgehead atoms. The Kier molecular flexibility index (Phi) is 4.06. The molecule has 2 aromatic carbocycles. The average Bonchev–Trinajstić information content (AvgIpc) is 2.85. The molecule has 1 nitrogen and oxygen atoms in total. The van der Waals surface area contributed by atoms with Crippen LogP contribution in [0.15, 0.2) is 46.9 Å². The van der Waals surface area contributed by atoms with Gasteiger partial charge in [-0.3, -0.25) is 0 Å². The fourth-order valence-corrected chi connectivity index (χ4v) is 3.74. The van der Waals surface area contributed by atoms with Crippen LogP contribution in [-0.4, -0.2) is 5.11 Å². The molecule has 0 fully saturated rings. The van der Waals surface area contributed by atoms with E-state index in [0.717, 1.165) is 20.5 Å². The highest BCUT2D eigenvalue weighted by Gasteiger charge is 2.14. The van der Waals surface area contributed by atoms with Crippen LogP contribution >= 0.6 is 27.3 Å². The Morgan fingerprint density at radius 2 is 1.76 bits per heavy atom. The van der Waals surface area contributed by atoms with Crippen LogP contribution in [0.5, 0.6) is 0 Å². The van der Waals surface area contributed by atoms with Crippen molar-refractivity contribution in [2.75, 3.05) is 0 Å². The van der Waals surface area contributed by atoms with Gasteiger partial charge in [0, 0.05) is 20.5 Å². The minimum Gasteiger partial charge on any atom is -0.387 e. The normalized spacial score (nSPS) is 12.8. The summed E-state index contributed by atoms with van der Waals surface area (Å²) in [6.07, 6.45) is -0.330. The van der Waals surface area contributed by atoms with Crippen molar-refractivity contribution in [2.45, 2.75) is 12.5 Å². The lowest BCUT2D eigenvalue weighted by atomic mass is 10.1. The summed E-state index contributed by atoms with van der Waals surface area (Å²) in [6, 6.07) is 10.8. The van der Waals surface area contributed by atoms with Gasteiger partial charge in [0.15, 0.2) is 0 Å². The maximum absolute atomic E-state index is 13.2. The van der Waals surface area contributed by atoms with Crippen LogP contribution in [0.25, 0.3) is 10.1 Å². The highest BCUT2D eigenvalue weighted by Crippen LogP contribution is 2.33. The van der Waals surface area contributed by atoms with E-state index in [1.807, 2.05) is 0 Å². The Labute approximate surface area is 133 Å². The summed E-state index contributed by atoms with van der Waals surface area (Å²) in [5, 5.41) is 11.1. The van der Waals surface area contributed by atoms with E-state index in [-0.39, 0.29) is 11.6 Å². The molecule has 1 aromatic heterocycles. The third-order valence-corrected chi connectivity index (χ3v) is 5.21. The van der Waals surface area contributed by atoms with Crippen molar-refractivity contribution in [3.05, 3.63) is 69.0 Å². The molecule has 1 unspecified atom stereocenters. The van der Waals surface area contributed by atoms with Gasteiger partial charge in [-0.05, 0) is 47.3 Å². The molecule has 0 amide bonds. The van der Waals surface area contributed by atoms with Crippen LogP contribution < -0.4 is 0 Å². The van der Waals surface area contributed by atoms with E-state index in [1.165, 1.54) is 35.6 Å². The third-order valence-electron chi connectivity index (χ3n) is 3.25. The first-order chi connectivity index (χ1) is 10.0. The van der Waals surface area contributed by atoms with Crippen molar-refractivity contribution in [2.24, 2.45) is 0 Å². The van der Waals surface area contributed by atoms with Crippen LogP contribution in [0.4, 0.5) is 8.78 Å². The Hall–Kier alpha value is -1.30. The predicted octanol–water partition coefficient (Wildman–Crippen LogP) is 5.22. The summed E-state index contributed by atoms with van der Waals surface area (Å²) in [5.74, 6) is -0.611. The number of fused-ring (bicyclic) bond motifs is 1. The number of benzene rings is 2. The van der Waals surface area contributed by atoms with Crippen LogP contribution in [0, 0.1) is 11.6 Å². The minimum atomic E-state index is -0.702. The lowest BCUT2D eigenvalue weighted by Crippen LogP contribution is -2.00. The number of halogens is 3. The number of thiophene rings is 1. The summed E-state index contributed by atoms with van der Waals surface area (Å²) in [7, 11) is 0. The zero-order valence-corrected chi connectivity index (χ0v) is 13.2. The first kappa shape index (κ1) is 14.6. The first-order valence-corrected chi connectivity index (χ1v) is 7.95. The highest BCUT2D eigenvalue weighted by molar-refractivity contribution is 9.10. The second kappa shape index (κ2) is 5.83. The number of aliphatic hydroxyl groups excluding tert-OH is 1. The van der Waals surface area contributed by atoms with E-state index in [9.17, 15) is 13.9 Å². The summed E-state index contributed by atoms with van der Waals surface area (Å²) >= 11 is 4.73. The molecule has 3 aromatic rings. The van der Waals surface area contributed by atoms with E-state index in [0.29, 0.717) is 10.9 Å². The van der Waals surface area contributed by atoms with Gasteiger partial charge < -0.3 is 5.11 Å². The second-order valence-electron chi connectivity index (χ2n) is 4.79. The lowest BCUT2D eigenvalue weighted by molar-refractivity contribution is 0.182. The van der Waals surface area contributed by atoms with Gasteiger partial charge in [-0.1, -0.05) is 22.0 Å². The van der Waals surface area contributed by atoms with Gasteiger partial charge >= 0.3 is 0 Å². The molecule has 1 atom stereocenters. The maximum Gasteiger partial charge on any atom is 0.124 e. The largest absolute Gasteiger partial charge is 0.387 e. The molecule has 0 aliphatic carbocycles. The summed E-state index contributed by atoms with van der Waals surface area (Å²) in [5.41, 5.74) is 0.826. The molecule has 0 spiro atoms. The van der Waals surface area contributed by atoms with Crippen molar-refractivity contribution in [3.8, 4) is 0 Å². The van der Waals surface area contributed by atoms with Crippen molar-refractivity contribution >= 4 is 37.4 Å². The Morgan fingerprint density at radius 3 is 2.52 bits per heavy atom. The molecule has 0 aliphatic heterocycles. The number of aliphatic hydroxyl groups is 1. The van der Waals surface area contributed by atoms with Crippen molar-refractivity contribution in [1.82, 2.24) is 0 Å². The molecule has 5 heteroatoms. The molecule has 21 heavy (non-hydrogen) atoms. The molecule has 0 saturated heterocycles. The van der Waals surface area contributed by atoms with Gasteiger partial charge in [0.2, 0.25) is 0 Å². The van der Waals surface area contributed by atoms with E-state index in [1.54, 1.807) is 18.2 Å². The van der Waals surface area contributed by atoms with E-state index < -0.39 is 6.10 Å². The van der Waals surface area contributed by atoms with Gasteiger partial charge in [0.1, 0.15) is 11.6 Å². The molecular formula is C16H11BrF2OS. The fourth-order valence-electron chi connectivity index (χ4n) is 2.20. The van der Waals surface area contributed by atoms with Gasteiger partial charge in [0.05, 0.1) is 6.10 Å². The number of rotatable bonds is 3. The van der Waals surface area contributed by atoms with Gasteiger partial charge in [-0.2, -0.15) is 0 Å². The standard InChI is InChI=1S/C16H11BrF2OS/c17-13-8-12(19)2-1-9(13)6-14(20)16-7-10-5-11(18)3-4-15(10)21-16/h1-5,7-8,14,20H,6H2. The second-order valence-corrected chi connectivity index (χ2v) is 6.76. The summed E-state index contributed by atoms with van der Waals surface area (Å²) in [6.45, 7) is 0. The highest BCUT2D eigenvalue weighted by atomic mass is 79.9. The van der Waals surface area contributed by atoms with E-state index in [4.69, 9.17) is 0 Å². The number of hydrogen-bond donors (Lipinski definition) is 1. The molecule has 0 saturated carbocycles. The molecule has 1 heterocycles.